The van der Waals surface area contributed by atoms with E-state index in [0.29, 0.717) is 12.4 Å². The largest absolute Gasteiger partial charge is 0.493 e. The molecule has 1 aromatic carbocycles. The third-order valence-electron chi connectivity index (χ3n) is 4.16. The summed E-state index contributed by atoms with van der Waals surface area (Å²) in [6.07, 6.45) is 4.03. The predicted molar refractivity (Wildman–Crippen MR) is 79.7 cm³/mol. The minimum atomic E-state index is 0.688. The van der Waals surface area contributed by atoms with Crippen molar-refractivity contribution in [3.8, 4) is 17.2 Å². The highest BCUT2D eigenvalue weighted by atomic mass is 16.5. The Morgan fingerprint density at radius 1 is 1.00 bits per heavy atom. The summed E-state index contributed by atoms with van der Waals surface area (Å²) in [4.78, 5) is 0. The Labute approximate surface area is 121 Å². The highest BCUT2D eigenvalue weighted by Crippen LogP contribution is 2.36. The fourth-order valence-corrected chi connectivity index (χ4v) is 2.83. The van der Waals surface area contributed by atoms with Crippen LogP contribution in [0.3, 0.4) is 0 Å². The molecule has 1 saturated heterocycles. The third kappa shape index (κ3) is 3.57. The van der Waals surface area contributed by atoms with Crippen LogP contribution < -0.4 is 14.2 Å². The number of hydrogen-bond donors (Lipinski definition) is 0. The second-order valence-electron chi connectivity index (χ2n) is 5.69. The number of benzene rings is 1. The van der Waals surface area contributed by atoms with Gasteiger partial charge < -0.3 is 18.7 Å². The summed E-state index contributed by atoms with van der Waals surface area (Å²) in [5.74, 6) is 2.16. The lowest BCUT2D eigenvalue weighted by Gasteiger charge is -2.37. The summed E-state index contributed by atoms with van der Waals surface area (Å²) in [6, 6.07) is 5.70. The van der Waals surface area contributed by atoms with Crippen molar-refractivity contribution in [3.63, 3.8) is 0 Å². The van der Waals surface area contributed by atoms with Crippen molar-refractivity contribution in [2.75, 3.05) is 47.5 Å². The molecule has 4 nitrogen and oxygen atoms in total. The Bertz CT molecular complexity index is 405. The molecular weight excluding hydrogens is 254 g/mol. The lowest BCUT2D eigenvalue weighted by Crippen LogP contribution is -2.50. The van der Waals surface area contributed by atoms with E-state index in [0.717, 1.165) is 22.5 Å². The van der Waals surface area contributed by atoms with Gasteiger partial charge in [0.1, 0.15) is 13.2 Å². The van der Waals surface area contributed by atoms with E-state index in [1.807, 2.05) is 18.2 Å². The molecule has 0 N–H and O–H groups in total. The number of piperidine rings is 1. The fourth-order valence-electron chi connectivity index (χ4n) is 2.83. The molecular formula is C16H26NO3+. The van der Waals surface area contributed by atoms with E-state index < -0.39 is 0 Å². The van der Waals surface area contributed by atoms with Gasteiger partial charge in [-0.1, -0.05) is 6.07 Å². The molecule has 0 spiro atoms. The van der Waals surface area contributed by atoms with Crippen molar-refractivity contribution in [2.24, 2.45) is 0 Å². The molecule has 0 saturated carbocycles. The molecule has 0 radical (unpaired) electrons. The Kier molecular flexibility index (Phi) is 5.12. The first-order valence-electron chi connectivity index (χ1n) is 7.36. The van der Waals surface area contributed by atoms with Crippen molar-refractivity contribution in [3.05, 3.63) is 18.2 Å². The number of nitrogens with zero attached hydrogens (tertiary/aromatic N) is 1. The zero-order valence-corrected chi connectivity index (χ0v) is 12.9. The molecule has 112 valence electrons. The molecule has 1 fully saturated rings. The van der Waals surface area contributed by atoms with Crippen LogP contribution in [-0.2, 0) is 0 Å². The Morgan fingerprint density at radius 3 is 2.15 bits per heavy atom. The maximum absolute atomic E-state index is 5.95. The normalized spacial score (nSPS) is 17.6. The summed E-state index contributed by atoms with van der Waals surface area (Å²) in [6.45, 7) is 4.23. The predicted octanol–water partition coefficient (Wildman–Crippen LogP) is 2.71. The number of para-hydroxylation sites is 1. The van der Waals surface area contributed by atoms with Crippen LogP contribution in [0.1, 0.15) is 19.3 Å². The zero-order valence-electron chi connectivity index (χ0n) is 12.9. The molecule has 1 aliphatic rings. The molecule has 1 aromatic rings. The number of hydrogen-bond acceptors (Lipinski definition) is 3. The molecule has 0 atom stereocenters. The average molecular weight is 280 g/mol. The molecule has 0 bridgehead atoms. The van der Waals surface area contributed by atoms with E-state index >= 15 is 0 Å². The van der Waals surface area contributed by atoms with Crippen LogP contribution in [0, 0.1) is 0 Å². The van der Waals surface area contributed by atoms with Gasteiger partial charge in [-0.05, 0) is 31.4 Å². The van der Waals surface area contributed by atoms with Gasteiger partial charge >= 0.3 is 0 Å². The van der Waals surface area contributed by atoms with Crippen LogP contribution in [-0.4, -0.2) is 52.0 Å². The molecule has 20 heavy (non-hydrogen) atoms. The van der Waals surface area contributed by atoms with Gasteiger partial charge in [0.25, 0.3) is 0 Å². The first kappa shape index (κ1) is 15.0. The van der Waals surface area contributed by atoms with Gasteiger partial charge in [-0.3, -0.25) is 0 Å². The molecule has 0 aromatic heterocycles. The smallest absolute Gasteiger partial charge is 0.203 e. The van der Waals surface area contributed by atoms with Crippen LogP contribution in [0.4, 0.5) is 0 Å². The second kappa shape index (κ2) is 6.84. The quantitative estimate of drug-likeness (QED) is 0.750. The molecule has 1 aliphatic heterocycles. The number of likely N-dealkylation sites (N-methyl/N-ethyl adjacent to an activating group) is 1. The van der Waals surface area contributed by atoms with Crippen LogP contribution in [0.15, 0.2) is 18.2 Å². The second-order valence-corrected chi connectivity index (χ2v) is 5.69. The lowest BCUT2D eigenvalue weighted by molar-refractivity contribution is -0.914. The molecule has 0 amide bonds. The summed E-state index contributed by atoms with van der Waals surface area (Å²) < 4.78 is 17.8. The SMILES string of the molecule is COc1cccc(OC)c1OCC[N+]1(C)CCCCC1. The van der Waals surface area contributed by atoms with Gasteiger partial charge in [0.2, 0.25) is 5.75 Å². The highest BCUT2D eigenvalue weighted by Gasteiger charge is 2.24. The van der Waals surface area contributed by atoms with Gasteiger partial charge in [0, 0.05) is 0 Å². The number of likely N-dealkylation sites (tertiary alicyclic amines) is 1. The van der Waals surface area contributed by atoms with Gasteiger partial charge in [0.05, 0.1) is 34.4 Å². The first-order valence-corrected chi connectivity index (χ1v) is 7.36. The molecule has 4 heteroatoms. The average Bonchev–Trinajstić information content (AvgIpc) is 2.48. The highest BCUT2D eigenvalue weighted by molar-refractivity contribution is 5.51. The maximum Gasteiger partial charge on any atom is 0.203 e. The van der Waals surface area contributed by atoms with Gasteiger partial charge in [-0.15, -0.1) is 0 Å². The van der Waals surface area contributed by atoms with Crippen LogP contribution >= 0.6 is 0 Å². The van der Waals surface area contributed by atoms with Crippen molar-refractivity contribution in [2.45, 2.75) is 19.3 Å². The molecule has 2 rings (SSSR count). The summed E-state index contributed by atoms with van der Waals surface area (Å²) in [7, 11) is 5.63. The Morgan fingerprint density at radius 2 is 1.60 bits per heavy atom. The summed E-state index contributed by atoms with van der Waals surface area (Å²) >= 11 is 0. The molecule has 0 unspecified atom stereocenters. The third-order valence-corrected chi connectivity index (χ3v) is 4.16. The lowest BCUT2D eigenvalue weighted by atomic mass is 10.1. The van der Waals surface area contributed by atoms with Crippen molar-refractivity contribution >= 4 is 0 Å². The number of methoxy groups -OCH3 is 2. The van der Waals surface area contributed by atoms with E-state index in [2.05, 4.69) is 7.05 Å². The molecule has 1 heterocycles. The van der Waals surface area contributed by atoms with Crippen molar-refractivity contribution in [1.29, 1.82) is 0 Å². The van der Waals surface area contributed by atoms with E-state index in [4.69, 9.17) is 14.2 Å². The summed E-state index contributed by atoms with van der Waals surface area (Å²) in [5, 5.41) is 0. The van der Waals surface area contributed by atoms with E-state index in [1.54, 1.807) is 14.2 Å². The van der Waals surface area contributed by atoms with Crippen molar-refractivity contribution < 1.29 is 18.7 Å². The van der Waals surface area contributed by atoms with Gasteiger partial charge in [0.15, 0.2) is 11.5 Å². The minimum absolute atomic E-state index is 0.688. The number of ether oxygens (including phenoxy) is 3. The van der Waals surface area contributed by atoms with E-state index in [1.165, 1.54) is 32.4 Å². The number of quaternary nitrogens is 1. The summed E-state index contributed by atoms with van der Waals surface area (Å²) in [5.41, 5.74) is 0. The van der Waals surface area contributed by atoms with Crippen LogP contribution in [0.5, 0.6) is 17.2 Å². The van der Waals surface area contributed by atoms with Crippen LogP contribution in [0.25, 0.3) is 0 Å². The Hall–Kier alpha value is -1.42. The van der Waals surface area contributed by atoms with Crippen LogP contribution in [0.2, 0.25) is 0 Å². The number of rotatable bonds is 6. The van der Waals surface area contributed by atoms with E-state index in [9.17, 15) is 0 Å². The van der Waals surface area contributed by atoms with Gasteiger partial charge in [-0.25, -0.2) is 0 Å². The minimum Gasteiger partial charge on any atom is -0.493 e. The van der Waals surface area contributed by atoms with E-state index in [-0.39, 0.29) is 0 Å². The first-order chi connectivity index (χ1) is 9.68. The standard InChI is InChI=1S/C16H26NO3/c1-17(10-5-4-6-11-17)12-13-20-16-14(18-2)8-7-9-15(16)19-3/h7-9H,4-6,10-13H2,1-3H3/q+1. The monoisotopic (exact) mass is 280 g/mol. The zero-order chi connectivity index (χ0) is 14.4. The fraction of sp³-hybridized carbons (Fsp3) is 0.625. The van der Waals surface area contributed by atoms with Crippen molar-refractivity contribution in [1.82, 2.24) is 0 Å². The maximum atomic E-state index is 5.95. The topological polar surface area (TPSA) is 27.7 Å². The Balaban J connectivity index is 1.96. The van der Waals surface area contributed by atoms with Gasteiger partial charge in [-0.2, -0.15) is 0 Å². The molecule has 0 aliphatic carbocycles.